The van der Waals surface area contributed by atoms with Crippen molar-refractivity contribution in [1.82, 2.24) is 9.29 Å². The highest BCUT2D eigenvalue weighted by Gasteiger charge is 2.34. The number of rotatable bonds is 4. The number of anilines is 1. The number of nitrogens with zero attached hydrogens (tertiary/aromatic N) is 3. The molecule has 1 aromatic carbocycles. The van der Waals surface area contributed by atoms with Gasteiger partial charge in [-0.25, -0.2) is 13.4 Å². The molecule has 0 aliphatic carbocycles. The van der Waals surface area contributed by atoms with Crippen LogP contribution in [0.1, 0.15) is 49.9 Å². The second kappa shape index (κ2) is 7.76. The first-order valence-corrected chi connectivity index (χ1v) is 11.5. The molecule has 29 heavy (non-hydrogen) atoms. The Morgan fingerprint density at radius 3 is 2.79 bits per heavy atom. The Kier molecular flexibility index (Phi) is 5.31. The number of fused-ring (bicyclic) bond motifs is 2. The summed E-state index contributed by atoms with van der Waals surface area (Å²) in [5.74, 6) is 0.967. The molecule has 0 unspecified atom stereocenters. The van der Waals surface area contributed by atoms with Crippen LogP contribution in [0.3, 0.4) is 0 Å². The standard InChI is InChI=1S/C21H25N3O4S/c1-3-12-23-20-19(8-6-11-22-20)28-18-10-9-16(14-17(18)21(23)25)29(26,27)24-13-5-4-7-15(24)2/h6,8-11,14-15H,3-5,7,12-13H2,1-2H3/t15-/m0/s1. The predicted octanol–water partition coefficient (Wildman–Crippen LogP) is 3.81. The summed E-state index contributed by atoms with van der Waals surface area (Å²) in [6.45, 7) is 4.87. The van der Waals surface area contributed by atoms with Gasteiger partial charge in [0.2, 0.25) is 10.0 Å². The number of aromatic nitrogens is 1. The Labute approximate surface area is 171 Å². The van der Waals surface area contributed by atoms with Crippen molar-refractivity contribution in [3.05, 3.63) is 42.1 Å². The van der Waals surface area contributed by atoms with E-state index in [2.05, 4.69) is 4.98 Å². The van der Waals surface area contributed by atoms with Gasteiger partial charge in [-0.1, -0.05) is 13.3 Å². The Balaban J connectivity index is 1.78. The molecule has 0 saturated carbocycles. The van der Waals surface area contributed by atoms with Crippen LogP contribution in [0.15, 0.2) is 41.4 Å². The molecular weight excluding hydrogens is 390 g/mol. The summed E-state index contributed by atoms with van der Waals surface area (Å²) < 4.78 is 34.0. The summed E-state index contributed by atoms with van der Waals surface area (Å²) in [6, 6.07) is 7.99. The number of benzene rings is 1. The van der Waals surface area contributed by atoms with Crippen LogP contribution in [-0.4, -0.2) is 42.7 Å². The molecule has 8 heteroatoms. The second-order valence-corrected chi connectivity index (χ2v) is 9.39. The van der Waals surface area contributed by atoms with Gasteiger partial charge in [0.25, 0.3) is 5.91 Å². The maximum atomic E-state index is 13.3. The van der Waals surface area contributed by atoms with Crippen molar-refractivity contribution in [2.75, 3.05) is 18.0 Å². The molecule has 3 heterocycles. The minimum Gasteiger partial charge on any atom is -0.453 e. The van der Waals surface area contributed by atoms with Gasteiger partial charge in [0.05, 0.1) is 10.5 Å². The first-order valence-electron chi connectivity index (χ1n) is 10.0. The van der Waals surface area contributed by atoms with E-state index in [0.717, 1.165) is 25.7 Å². The molecule has 0 spiro atoms. The molecular formula is C21H25N3O4S. The lowest BCUT2D eigenvalue weighted by Gasteiger charge is -2.32. The molecule has 154 valence electrons. The quantitative estimate of drug-likeness (QED) is 0.759. The number of ether oxygens (including phenoxy) is 1. The van der Waals surface area contributed by atoms with Gasteiger partial charge in [-0.15, -0.1) is 0 Å². The van der Waals surface area contributed by atoms with Crippen LogP contribution in [0.4, 0.5) is 5.82 Å². The molecule has 4 rings (SSSR count). The highest BCUT2D eigenvalue weighted by Crippen LogP contribution is 2.38. The van der Waals surface area contributed by atoms with E-state index in [1.807, 2.05) is 13.8 Å². The Morgan fingerprint density at radius 1 is 1.21 bits per heavy atom. The smallest absolute Gasteiger partial charge is 0.263 e. The number of carbonyl (C=O) groups excluding carboxylic acids is 1. The van der Waals surface area contributed by atoms with E-state index in [1.54, 1.807) is 33.6 Å². The topological polar surface area (TPSA) is 79.8 Å². The third-order valence-electron chi connectivity index (χ3n) is 5.45. The molecule has 1 amide bonds. The first kappa shape index (κ1) is 19.8. The van der Waals surface area contributed by atoms with Crippen LogP contribution in [0.5, 0.6) is 11.5 Å². The molecule has 2 aromatic rings. The molecule has 0 radical (unpaired) electrons. The number of amides is 1. The first-order chi connectivity index (χ1) is 13.9. The van der Waals surface area contributed by atoms with Crippen molar-refractivity contribution in [3.8, 4) is 11.5 Å². The molecule has 0 bridgehead atoms. The van der Waals surface area contributed by atoms with Crippen LogP contribution < -0.4 is 9.64 Å². The lowest BCUT2D eigenvalue weighted by molar-refractivity contribution is 0.0986. The van der Waals surface area contributed by atoms with Gasteiger partial charge < -0.3 is 4.74 Å². The van der Waals surface area contributed by atoms with Gasteiger partial charge >= 0.3 is 0 Å². The van der Waals surface area contributed by atoms with E-state index in [4.69, 9.17) is 4.74 Å². The summed E-state index contributed by atoms with van der Waals surface area (Å²) >= 11 is 0. The molecule has 2 aliphatic heterocycles. The van der Waals surface area contributed by atoms with Crippen molar-refractivity contribution < 1.29 is 17.9 Å². The van der Waals surface area contributed by atoms with Crippen LogP contribution in [0.25, 0.3) is 0 Å². The summed E-state index contributed by atoms with van der Waals surface area (Å²) in [5, 5.41) is 0. The molecule has 1 aromatic heterocycles. The summed E-state index contributed by atoms with van der Waals surface area (Å²) in [5.41, 5.74) is 0.238. The maximum Gasteiger partial charge on any atom is 0.263 e. The number of hydrogen-bond donors (Lipinski definition) is 0. The zero-order chi connectivity index (χ0) is 20.6. The Bertz CT molecular complexity index is 1040. The molecule has 1 atom stereocenters. The van der Waals surface area contributed by atoms with Gasteiger partial charge in [-0.3, -0.25) is 9.69 Å². The predicted molar refractivity (Wildman–Crippen MR) is 110 cm³/mol. The minimum atomic E-state index is -3.69. The van der Waals surface area contributed by atoms with Crippen LogP contribution in [-0.2, 0) is 10.0 Å². The third-order valence-corrected chi connectivity index (χ3v) is 7.46. The summed E-state index contributed by atoms with van der Waals surface area (Å²) in [6.07, 6.45) is 5.07. The van der Waals surface area contributed by atoms with Crippen LogP contribution in [0.2, 0.25) is 0 Å². The van der Waals surface area contributed by atoms with E-state index in [-0.39, 0.29) is 22.4 Å². The Morgan fingerprint density at radius 2 is 2.03 bits per heavy atom. The third kappa shape index (κ3) is 3.51. The van der Waals surface area contributed by atoms with Gasteiger partial charge in [0.15, 0.2) is 11.6 Å². The number of hydrogen-bond acceptors (Lipinski definition) is 5. The minimum absolute atomic E-state index is 0.0513. The van der Waals surface area contributed by atoms with Crippen molar-refractivity contribution in [3.63, 3.8) is 0 Å². The van der Waals surface area contributed by atoms with Crippen LogP contribution >= 0.6 is 0 Å². The lowest BCUT2D eigenvalue weighted by atomic mass is 10.1. The van der Waals surface area contributed by atoms with E-state index in [9.17, 15) is 13.2 Å². The van der Waals surface area contributed by atoms with E-state index >= 15 is 0 Å². The van der Waals surface area contributed by atoms with Crippen molar-refractivity contribution in [2.45, 2.75) is 50.5 Å². The number of carbonyl (C=O) groups is 1. The number of piperidine rings is 1. The van der Waals surface area contributed by atoms with Crippen molar-refractivity contribution in [2.24, 2.45) is 0 Å². The normalized spacial score (nSPS) is 19.9. The van der Waals surface area contributed by atoms with E-state index < -0.39 is 10.0 Å². The number of sulfonamides is 1. The number of pyridine rings is 1. The van der Waals surface area contributed by atoms with Gasteiger partial charge in [-0.2, -0.15) is 4.31 Å². The fourth-order valence-electron chi connectivity index (χ4n) is 3.95. The lowest BCUT2D eigenvalue weighted by Crippen LogP contribution is -2.42. The highest BCUT2D eigenvalue weighted by molar-refractivity contribution is 7.89. The average molecular weight is 416 g/mol. The molecule has 1 fully saturated rings. The highest BCUT2D eigenvalue weighted by atomic mass is 32.2. The van der Waals surface area contributed by atoms with Crippen molar-refractivity contribution >= 4 is 21.7 Å². The van der Waals surface area contributed by atoms with Gasteiger partial charge in [-0.05, 0) is 56.5 Å². The fraction of sp³-hybridized carbons (Fsp3) is 0.429. The second-order valence-electron chi connectivity index (χ2n) is 7.50. The fourth-order valence-corrected chi connectivity index (χ4v) is 5.67. The zero-order valence-corrected chi connectivity index (χ0v) is 17.5. The van der Waals surface area contributed by atoms with Gasteiger partial charge in [0, 0.05) is 25.3 Å². The summed E-state index contributed by atoms with van der Waals surface area (Å²) in [7, 11) is -3.69. The monoisotopic (exact) mass is 415 g/mol. The molecule has 1 saturated heterocycles. The van der Waals surface area contributed by atoms with E-state index in [0.29, 0.717) is 30.4 Å². The SMILES string of the molecule is CCCN1C(=O)c2cc(S(=O)(=O)N3CCCC[C@@H]3C)ccc2Oc2cccnc21. The van der Waals surface area contributed by atoms with Gasteiger partial charge in [0.1, 0.15) is 5.75 Å². The molecule has 0 N–H and O–H groups in total. The maximum absolute atomic E-state index is 13.3. The Hall–Kier alpha value is -2.45. The van der Waals surface area contributed by atoms with Crippen LogP contribution in [0, 0.1) is 0 Å². The largest absolute Gasteiger partial charge is 0.453 e. The van der Waals surface area contributed by atoms with Crippen molar-refractivity contribution in [1.29, 1.82) is 0 Å². The zero-order valence-electron chi connectivity index (χ0n) is 16.7. The average Bonchev–Trinajstić information content (AvgIpc) is 2.83. The van der Waals surface area contributed by atoms with E-state index in [1.165, 1.54) is 12.1 Å². The summed E-state index contributed by atoms with van der Waals surface area (Å²) in [4.78, 5) is 19.3. The molecule has 2 aliphatic rings. The molecule has 7 nitrogen and oxygen atoms in total.